The molecule has 3 aromatic rings. The second kappa shape index (κ2) is 7.53. The number of carbonyl (C=O) groups excluding carboxylic acids is 2. The summed E-state index contributed by atoms with van der Waals surface area (Å²) in [5.41, 5.74) is 2.34. The molecule has 1 aromatic heterocycles. The highest BCUT2D eigenvalue weighted by Gasteiger charge is 2.25. The van der Waals surface area contributed by atoms with Gasteiger partial charge in [0, 0.05) is 37.1 Å². The Morgan fingerprint density at radius 1 is 0.926 bits per heavy atom. The Kier molecular flexibility index (Phi) is 4.78. The lowest BCUT2D eigenvalue weighted by Crippen LogP contribution is -2.50. The van der Waals surface area contributed by atoms with Gasteiger partial charge < -0.3 is 19.0 Å². The number of hydrogen-bond donors (Lipinski definition) is 0. The maximum Gasteiger partial charge on any atom is 0.410 e. The van der Waals surface area contributed by atoms with Gasteiger partial charge in [-0.3, -0.25) is 4.79 Å². The van der Waals surface area contributed by atoms with E-state index in [1.54, 1.807) is 28.2 Å². The summed E-state index contributed by atoms with van der Waals surface area (Å²) in [5, 5.41) is 0.906. The van der Waals surface area contributed by atoms with Crippen LogP contribution >= 0.6 is 0 Å². The van der Waals surface area contributed by atoms with Crippen molar-refractivity contribution >= 4 is 23.0 Å². The van der Waals surface area contributed by atoms with Gasteiger partial charge in [0.15, 0.2) is 0 Å². The number of ether oxygens (including phenoxy) is 1. The molecule has 0 atom stereocenters. The highest BCUT2D eigenvalue weighted by atomic mass is 16.6. The van der Waals surface area contributed by atoms with Crippen molar-refractivity contribution < 1.29 is 18.7 Å². The molecule has 138 valence electrons. The molecule has 4 rings (SSSR count). The van der Waals surface area contributed by atoms with Crippen molar-refractivity contribution in [2.45, 2.75) is 6.61 Å². The van der Waals surface area contributed by atoms with Crippen molar-refractivity contribution in [2.75, 3.05) is 26.2 Å². The Hall–Kier alpha value is -3.28. The van der Waals surface area contributed by atoms with Crippen LogP contribution in [0.3, 0.4) is 0 Å². The normalized spacial score (nSPS) is 14.4. The van der Waals surface area contributed by atoms with Crippen LogP contribution in [0.2, 0.25) is 0 Å². The van der Waals surface area contributed by atoms with Gasteiger partial charge in [-0.1, -0.05) is 30.3 Å². The lowest BCUT2D eigenvalue weighted by Gasteiger charge is -2.34. The van der Waals surface area contributed by atoms with Gasteiger partial charge in [0.1, 0.15) is 12.2 Å². The minimum absolute atomic E-state index is 0.0320. The Morgan fingerprint density at radius 2 is 1.67 bits per heavy atom. The molecule has 0 saturated carbocycles. The first kappa shape index (κ1) is 17.1. The van der Waals surface area contributed by atoms with Gasteiger partial charge >= 0.3 is 6.09 Å². The first-order chi connectivity index (χ1) is 13.2. The van der Waals surface area contributed by atoms with Crippen molar-refractivity contribution in [3.8, 4) is 0 Å². The summed E-state index contributed by atoms with van der Waals surface area (Å²) in [6.07, 6.45) is 1.27. The molecule has 6 heteroatoms. The van der Waals surface area contributed by atoms with Gasteiger partial charge in [-0.25, -0.2) is 4.79 Å². The van der Waals surface area contributed by atoms with E-state index in [-0.39, 0.29) is 18.6 Å². The number of carbonyl (C=O) groups is 2. The largest absolute Gasteiger partial charge is 0.464 e. The number of fused-ring (bicyclic) bond motifs is 1. The van der Waals surface area contributed by atoms with Crippen LogP contribution in [-0.2, 0) is 11.3 Å². The van der Waals surface area contributed by atoms with Gasteiger partial charge in [-0.15, -0.1) is 0 Å². The van der Waals surface area contributed by atoms with E-state index in [0.717, 1.165) is 16.5 Å². The summed E-state index contributed by atoms with van der Waals surface area (Å²) in [6.45, 7) is 2.16. The second-order valence-corrected chi connectivity index (χ2v) is 6.49. The van der Waals surface area contributed by atoms with Crippen LogP contribution in [0.15, 0.2) is 65.3 Å². The average molecular weight is 364 g/mol. The summed E-state index contributed by atoms with van der Waals surface area (Å²) < 4.78 is 10.7. The Labute approximate surface area is 156 Å². The lowest BCUT2D eigenvalue weighted by molar-refractivity contribution is 0.0544. The molecule has 1 aliphatic rings. The Balaban J connectivity index is 1.31. The molecule has 2 aromatic carbocycles. The topological polar surface area (TPSA) is 63.0 Å². The number of rotatable bonds is 3. The first-order valence-electron chi connectivity index (χ1n) is 8.93. The molecule has 0 radical (unpaired) electrons. The molecule has 6 nitrogen and oxygen atoms in total. The molecule has 1 aliphatic heterocycles. The molecular formula is C21H20N2O4. The Bertz CT molecular complexity index is 943. The number of benzene rings is 2. The minimum Gasteiger partial charge on any atom is -0.464 e. The average Bonchev–Trinajstić information content (AvgIpc) is 3.20. The third-order valence-electron chi connectivity index (χ3n) is 4.73. The standard InChI is InChI=1S/C21H20N2O4/c24-20(18-6-7-19-17(14-18)8-13-26-19)22-9-11-23(12-10-22)21(25)27-15-16-4-2-1-3-5-16/h1-8,13-14H,9-12,15H2. The van der Waals surface area contributed by atoms with E-state index in [2.05, 4.69) is 0 Å². The highest BCUT2D eigenvalue weighted by molar-refractivity contribution is 5.97. The van der Waals surface area contributed by atoms with Crippen LogP contribution in [0, 0.1) is 0 Å². The maximum atomic E-state index is 12.7. The quantitative estimate of drug-likeness (QED) is 0.713. The minimum atomic E-state index is -0.342. The summed E-state index contributed by atoms with van der Waals surface area (Å²) in [6, 6.07) is 16.8. The SMILES string of the molecule is O=C(OCc1ccccc1)N1CCN(C(=O)c2ccc3occc3c2)CC1. The van der Waals surface area contributed by atoms with Crippen LogP contribution in [0.5, 0.6) is 0 Å². The van der Waals surface area contributed by atoms with Crippen LogP contribution < -0.4 is 0 Å². The van der Waals surface area contributed by atoms with E-state index in [9.17, 15) is 9.59 Å². The fourth-order valence-electron chi connectivity index (χ4n) is 3.18. The van der Waals surface area contributed by atoms with Crippen molar-refractivity contribution in [1.82, 2.24) is 9.80 Å². The third-order valence-corrected chi connectivity index (χ3v) is 4.73. The molecule has 27 heavy (non-hydrogen) atoms. The van der Waals surface area contributed by atoms with Gasteiger partial charge in [0.25, 0.3) is 5.91 Å². The van der Waals surface area contributed by atoms with E-state index >= 15 is 0 Å². The molecule has 0 N–H and O–H groups in total. The molecule has 0 unspecified atom stereocenters. The number of furan rings is 1. The molecule has 2 heterocycles. The predicted molar refractivity (Wildman–Crippen MR) is 100 cm³/mol. The van der Waals surface area contributed by atoms with Gasteiger partial charge in [-0.2, -0.15) is 0 Å². The van der Waals surface area contributed by atoms with Crippen molar-refractivity contribution in [3.63, 3.8) is 0 Å². The summed E-state index contributed by atoms with van der Waals surface area (Å²) in [4.78, 5) is 28.3. The molecule has 2 amide bonds. The molecule has 0 aliphatic carbocycles. The first-order valence-corrected chi connectivity index (χ1v) is 8.93. The molecule has 0 bridgehead atoms. The number of nitrogens with zero attached hydrogens (tertiary/aromatic N) is 2. The van der Waals surface area contributed by atoms with E-state index in [1.165, 1.54) is 0 Å². The van der Waals surface area contributed by atoms with Gasteiger partial charge in [0.05, 0.1) is 6.26 Å². The van der Waals surface area contributed by atoms with E-state index < -0.39 is 0 Å². The van der Waals surface area contributed by atoms with Crippen molar-refractivity contribution in [2.24, 2.45) is 0 Å². The number of hydrogen-bond acceptors (Lipinski definition) is 4. The predicted octanol–water partition coefficient (Wildman–Crippen LogP) is 3.53. The van der Waals surface area contributed by atoms with Crippen LogP contribution in [-0.4, -0.2) is 48.0 Å². The highest BCUT2D eigenvalue weighted by Crippen LogP contribution is 2.19. The lowest BCUT2D eigenvalue weighted by atomic mass is 10.1. The third kappa shape index (κ3) is 3.79. The van der Waals surface area contributed by atoms with E-state index in [4.69, 9.17) is 9.15 Å². The molecule has 0 spiro atoms. The smallest absolute Gasteiger partial charge is 0.410 e. The summed E-state index contributed by atoms with van der Waals surface area (Å²) >= 11 is 0. The zero-order valence-corrected chi connectivity index (χ0v) is 14.8. The van der Waals surface area contributed by atoms with Crippen LogP contribution in [0.25, 0.3) is 11.0 Å². The fourth-order valence-corrected chi connectivity index (χ4v) is 3.18. The monoisotopic (exact) mass is 364 g/mol. The summed E-state index contributed by atoms with van der Waals surface area (Å²) in [7, 11) is 0. The number of amides is 2. The van der Waals surface area contributed by atoms with Gasteiger partial charge in [0.2, 0.25) is 0 Å². The molecule has 1 saturated heterocycles. The number of piperazine rings is 1. The maximum absolute atomic E-state index is 12.7. The molecular weight excluding hydrogens is 344 g/mol. The molecule has 1 fully saturated rings. The summed E-state index contributed by atoms with van der Waals surface area (Å²) in [5.74, 6) is -0.0320. The second-order valence-electron chi connectivity index (χ2n) is 6.49. The Morgan fingerprint density at radius 3 is 2.44 bits per heavy atom. The fraction of sp³-hybridized carbons (Fsp3) is 0.238. The van der Waals surface area contributed by atoms with E-state index in [1.807, 2.05) is 42.5 Å². The zero-order valence-electron chi connectivity index (χ0n) is 14.8. The van der Waals surface area contributed by atoms with Crippen molar-refractivity contribution in [1.29, 1.82) is 0 Å². The van der Waals surface area contributed by atoms with Crippen molar-refractivity contribution in [3.05, 3.63) is 72.0 Å². The van der Waals surface area contributed by atoms with E-state index in [0.29, 0.717) is 31.7 Å². The van der Waals surface area contributed by atoms with Crippen LogP contribution in [0.1, 0.15) is 15.9 Å². The van der Waals surface area contributed by atoms with Gasteiger partial charge in [-0.05, 0) is 29.8 Å². The van der Waals surface area contributed by atoms with Crippen LogP contribution in [0.4, 0.5) is 4.79 Å². The zero-order chi connectivity index (χ0) is 18.6.